The third-order valence-electron chi connectivity index (χ3n) is 4.04. The van der Waals surface area contributed by atoms with E-state index in [1.807, 2.05) is 30.3 Å². The van der Waals surface area contributed by atoms with Crippen LogP contribution in [0.15, 0.2) is 54.6 Å². The van der Waals surface area contributed by atoms with Gasteiger partial charge in [-0.3, -0.25) is 0 Å². The summed E-state index contributed by atoms with van der Waals surface area (Å²) in [5.74, 6) is 0.534. The van der Waals surface area contributed by atoms with Crippen LogP contribution in [0.2, 0.25) is 0 Å². The average molecular weight is 327 g/mol. The highest BCUT2D eigenvalue weighted by molar-refractivity contribution is 5.25. The second-order valence-electron chi connectivity index (χ2n) is 6.71. The lowest BCUT2D eigenvalue weighted by Gasteiger charge is -2.28. The minimum absolute atomic E-state index is 0.0174. The Hall–Kier alpha value is -1.68. The minimum Gasteiger partial charge on any atom is -0.394 e. The first kappa shape index (κ1) is 18.7. The fourth-order valence-electron chi connectivity index (χ4n) is 2.63. The largest absolute Gasteiger partial charge is 0.394 e. The molecule has 0 aliphatic heterocycles. The number of ether oxygens (including phenoxy) is 1. The van der Waals surface area contributed by atoms with E-state index >= 15 is 0 Å². The van der Waals surface area contributed by atoms with Crippen LogP contribution in [0, 0.1) is 12.8 Å². The number of aliphatic hydroxyl groups excluding tert-OH is 1. The Labute approximate surface area is 145 Å². The summed E-state index contributed by atoms with van der Waals surface area (Å²) in [5, 5.41) is 13.4. The predicted octanol–water partition coefficient (Wildman–Crippen LogP) is 3.86. The Morgan fingerprint density at radius 3 is 2.25 bits per heavy atom. The highest BCUT2D eigenvalue weighted by atomic mass is 16.5. The van der Waals surface area contributed by atoms with E-state index in [9.17, 15) is 5.11 Å². The van der Waals surface area contributed by atoms with Crippen molar-refractivity contribution in [1.82, 2.24) is 5.32 Å². The van der Waals surface area contributed by atoms with Crippen molar-refractivity contribution in [3.8, 4) is 0 Å². The molecule has 2 aromatic carbocycles. The molecule has 2 atom stereocenters. The summed E-state index contributed by atoms with van der Waals surface area (Å²) >= 11 is 0. The Kier molecular flexibility index (Phi) is 7.44. The van der Waals surface area contributed by atoms with Crippen molar-refractivity contribution in [2.45, 2.75) is 39.5 Å². The maximum atomic E-state index is 9.89. The Morgan fingerprint density at radius 2 is 1.67 bits per heavy atom. The monoisotopic (exact) mass is 327 g/mol. The lowest BCUT2D eigenvalue weighted by Crippen LogP contribution is -2.38. The van der Waals surface area contributed by atoms with E-state index < -0.39 is 0 Å². The van der Waals surface area contributed by atoms with Crippen molar-refractivity contribution in [1.29, 1.82) is 0 Å². The summed E-state index contributed by atoms with van der Waals surface area (Å²) in [6.45, 7) is 7.80. The van der Waals surface area contributed by atoms with Gasteiger partial charge in [0.1, 0.15) is 6.10 Å². The summed E-state index contributed by atoms with van der Waals surface area (Å²) in [6.07, 6.45) is -0.285. The molecular weight excluding hydrogens is 298 g/mol. The van der Waals surface area contributed by atoms with Gasteiger partial charge in [0, 0.05) is 0 Å². The molecule has 3 heteroatoms. The molecule has 3 nitrogen and oxygen atoms in total. The molecule has 2 aromatic rings. The van der Waals surface area contributed by atoms with Crippen molar-refractivity contribution in [2.75, 3.05) is 13.2 Å². The van der Waals surface area contributed by atoms with Crippen molar-refractivity contribution < 1.29 is 9.84 Å². The molecule has 2 N–H and O–H groups in total. The van der Waals surface area contributed by atoms with E-state index in [1.165, 1.54) is 5.56 Å². The molecule has 0 aromatic heterocycles. The lowest BCUT2D eigenvalue weighted by molar-refractivity contribution is -0.0211. The van der Waals surface area contributed by atoms with Crippen LogP contribution in [-0.2, 0) is 11.3 Å². The Morgan fingerprint density at radius 1 is 1.00 bits per heavy atom. The van der Waals surface area contributed by atoms with Crippen LogP contribution in [0.25, 0.3) is 0 Å². The molecule has 24 heavy (non-hydrogen) atoms. The maximum absolute atomic E-state index is 9.89. The van der Waals surface area contributed by atoms with E-state index in [-0.39, 0.29) is 18.8 Å². The van der Waals surface area contributed by atoms with Crippen molar-refractivity contribution in [2.24, 2.45) is 5.92 Å². The molecule has 0 radical (unpaired) electrons. The molecule has 0 saturated heterocycles. The number of aliphatic hydroxyl groups is 1. The zero-order chi connectivity index (χ0) is 17.4. The summed E-state index contributed by atoms with van der Waals surface area (Å²) in [7, 11) is 0. The van der Waals surface area contributed by atoms with Gasteiger partial charge in [-0.2, -0.15) is 0 Å². The first-order valence-corrected chi connectivity index (χ1v) is 8.66. The van der Waals surface area contributed by atoms with Crippen molar-refractivity contribution in [3.05, 3.63) is 71.3 Å². The normalized spacial score (nSPS) is 13.9. The van der Waals surface area contributed by atoms with Crippen LogP contribution in [-0.4, -0.2) is 24.4 Å². The van der Waals surface area contributed by atoms with Gasteiger partial charge in [0.15, 0.2) is 0 Å². The second-order valence-corrected chi connectivity index (χ2v) is 6.71. The third-order valence-corrected chi connectivity index (χ3v) is 4.04. The van der Waals surface area contributed by atoms with Gasteiger partial charge in [0.05, 0.1) is 19.3 Å². The van der Waals surface area contributed by atoms with Crippen LogP contribution in [0.3, 0.4) is 0 Å². The number of nitrogens with one attached hydrogen (secondary N) is 1. The van der Waals surface area contributed by atoms with Gasteiger partial charge in [0.2, 0.25) is 0 Å². The first-order chi connectivity index (χ1) is 11.6. The van der Waals surface area contributed by atoms with Gasteiger partial charge in [-0.1, -0.05) is 74.0 Å². The SMILES string of the molecule is Cc1ccc([C@@H](NCC(C)C)[C@@H](CO)OCc2ccccc2)cc1. The summed E-state index contributed by atoms with van der Waals surface area (Å²) in [6, 6.07) is 18.5. The molecule has 0 aliphatic rings. The molecule has 2 rings (SSSR count). The molecule has 0 aliphatic carbocycles. The summed E-state index contributed by atoms with van der Waals surface area (Å²) in [5.41, 5.74) is 3.49. The molecule has 0 heterocycles. The van der Waals surface area contributed by atoms with Crippen LogP contribution in [0.4, 0.5) is 0 Å². The standard InChI is InChI=1S/C21H29NO2/c1-16(2)13-22-21(19-11-9-17(3)10-12-19)20(14-23)24-15-18-7-5-4-6-8-18/h4-12,16,20-23H,13-15H2,1-3H3/t20-,21-/m1/s1. The van der Waals surface area contributed by atoms with E-state index in [4.69, 9.17) is 4.74 Å². The van der Waals surface area contributed by atoms with Gasteiger partial charge in [-0.25, -0.2) is 0 Å². The second kappa shape index (κ2) is 9.58. The van der Waals surface area contributed by atoms with Gasteiger partial charge >= 0.3 is 0 Å². The third kappa shape index (κ3) is 5.75. The molecule has 130 valence electrons. The highest BCUT2D eigenvalue weighted by Crippen LogP contribution is 2.21. The maximum Gasteiger partial charge on any atom is 0.100 e. The Bertz CT molecular complexity index is 581. The van der Waals surface area contributed by atoms with Crippen LogP contribution < -0.4 is 5.32 Å². The van der Waals surface area contributed by atoms with Gasteiger partial charge < -0.3 is 15.2 Å². The smallest absolute Gasteiger partial charge is 0.100 e. The highest BCUT2D eigenvalue weighted by Gasteiger charge is 2.23. The summed E-state index contributed by atoms with van der Waals surface area (Å²) in [4.78, 5) is 0. The zero-order valence-electron chi connectivity index (χ0n) is 14.9. The quantitative estimate of drug-likeness (QED) is 0.735. The lowest BCUT2D eigenvalue weighted by atomic mass is 9.99. The van der Waals surface area contributed by atoms with Gasteiger partial charge in [-0.05, 0) is 30.5 Å². The molecule has 0 fully saturated rings. The van der Waals surface area contributed by atoms with E-state index in [0.717, 1.165) is 17.7 Å². The van der Waals surface area contributed by atoms with E-state index in [0.29, 0.717) is 12.5 Å². The first-order valence-electron chi connectivity index (χ1n) is 8.66. The Balaban J connectivity index is 2.11. The topological polar surface area (TPSA) is 41.5 Å². The fraction of sp³-hybridized carbons (Fsp3) is 0.429. The molecule has 0 spiro atoms. The minimum atomic E-state index is -0.285. The van der Waals surface area contributed by atoms with Gasteiger partial charge in [0.25, 0.3) is 0 Å². The molecule has 0 unspecified atom stereocenters. The molecular formula is C21H29NO2. The van der Waals surface area contributed by atoms with E-state index in [1.54, 1.807) is 0 Å². The van der Waals surface area contributed by atoms with Crippen molar-refractivity contribution >= 4 is 0 Å². The number of hydrogen-bond acceptors (Lipinski definition) is 3. The number of aryl methyl sites for hydroxylation is 1. The molecule has 0 saturated carbocycles. The van der Waals surface area contributed by atoms with Crippen LogP contribution in [0.5, 0.6) is 0 Å². The number of hydrogen-bond donors (Lipinski definition) is 2. The number of benzene rings is 2. The van der Waals surface area contributed by atoms with Crippen LogP contribution >= 0.6 is 0 Å². The van der Waals surface area contributed by atoms with Crippen LogP contribution in [0.1, 0.15) is 36.6 Å². The molecule has 0 amide bonds. The van der Waals surface area contributed by atoms with Crippen molar-refractivity contribution in [3.63, 3.8) is 0 Å². The van der Waals surface area contributed by atoms with Gasteiger partial charge in [-0.15, -0.1) is 0 Å². The number of rotatable bonds is 9. The zero-order valence-corrected chi connectivity index (χ0v) is 14.9. The summed E-state index contributed by atoms with van der Waals surface area (Å²) < 4.78 is 6.04. The fourth-order valence-corrected chi connectivity index (χ4v) is 2.63. The average Bonchev–Trinajstić information content (AvgIpc) is 2.59. The molecule has 0 bridgehead atoms. The van der Waals surface area contributed by atoms with E-state index in [2.05, 4.69) is 50.4 Å². The predicted molar refractivity (Wildman–Crippen MR) is 98.9 cm³/mol.